The summed E-state index contributed by atoms with van der Waals surface area (Å²) in [6.45, 7) is 1.83. The smallest absolute Gasteiger partial charge is 0.254 e. The van der Waals surface area contributed by atoms with Crippen LogP contribution in [0.25, 0.3) is 0 Å². The number of nitrogens with one attached hydrogen (secondary N) is 2. The number of rotatable bonds is 4. The van der Waals surface area contributed by atoms with Crippen LogP contribution in [0.15, 0.2) is 24.8 Å². The van der Waals surface area contributed by atoms with Gasteiger partial charge in [-0.25, -0.2) is 0 Å². The van der Waals surface area contributed by atoms with Crippen molar-refractivity contribution in [3.8, 4) is 0 Å². The maximum absolute atomic E-state index is 12.1. The van der Waals surface area contributed by atoms with Crippen molar-refractivity contribution in [2.24, 2.45) is 12.9 Å². The van der Waals surface area contributed by atoms with Crippen LogP contribution in [0.3, 0.4) is 0 Å². The summed E-state index contributed by atoms with van der Waals surface area (Å²) in [6.07, 6.45) is 4.60. The maximum Gasteiger partial charge on any atom is 0.254 e. The number of nitrogen functional groups attached to an aromatic ring is 1. The molecule has 0 spiro atoms. The SMILES string of the molecule is CC(NC(=O)c1ccncc1NN)c1nncn1C. The van der Waals surface area contributed by atoms with E-state index >= 15 is 0 Å². The number of aryl methyl sites for hydroxylation is 1. The Bertz CT molecular complexity index is 580. The van der Waals surface area contributed by atoms with Gasteiger partial charge < -0.3 is 15.3 Å². The summed E-state index contributed by atoms with van der Waals surface area (Å²) in [5.74, 6) is 5.75. The van der Waals surface area contributed by atoms with Gasteiger partial charge in [-0.15, -0.1) is 10.2 Å². The molecule has 0 saturated carbocycles. The molecular formula is C11H15N7O. The second-order valence-corrected chi connectivity index (χ2v) is 4.06. The summed E-state index contributed by atoms with van der Waals surface area (Å²) in [5, 5.41) is 10.6. The molecule has 19 heavy (non-hydrogen) atoms. The number of hydrazine groups is 1. The quantitative estimate of drug-likeness (QED) is 0.527. The van der Waals surface area contributed by atoms with Gasteiger partial charge in [0.25, 0.3) is 5.91 Å². The predicted octanol–water partition coefficient (Wildman–Crippen LogP) is -0.0133. The van der Waals surface area contributed by atoms with E-state index in [1.165, 1.54) is 12.4 Å². The molecule has 2 aromatic rings. The van der Waals surface area contributed by atoms with Crippen molar-refractivity contribution in [1.82, 2.24) is 25.1 Å². The zero-order valence-corrected chi connectivity index (χ0v) is 10.7. The fraction of sp³-hybridized carbons (Fsp3) is 0.273. The third-order valence-electron chi connectivity index (χ3n) is 2.70. The lowest BCUT2D eigenvalue weighted by Gasteiger charge is -2.14. The third-order valence-corrected chi connectivity index (χ3v) is 2.70. The first-order valence-corrected chi connectivity index (χ1v) is 5.69. The molecule has 1 atom stereocenters. The zero-order chi connectivity index (χ0) is 13.8. The minimum absolute atomic E-state index is 0.258. The van der Waals surface area contributed by atoms with Crippen LogP contribution < -0.4 is 16.6 Å². The van der Waals surface area contributed by atoms with E-state index in [1.54, 1.807) is 17.0 Å². The average molecular weight is 261 g/mol. The first-order valence-electron chi connectivity index (χ1n) is 5.69. The molecule has 0 saturated heterocycles. The molecule has 1 unspecified atom stereocenters. The third kappa shape index (κ3) is 2.68. The van der Waals surface area contributed by atoms with Crippen molar-refractivity contribution in [3.63, 3.8) is 0 Å². The molecule has 0 aliphatic heterocycles. The molecule has 0 aliphatic rings. The summed E-state index contributed by atoms with van der Waals surface area (Å²) in [4.78, 5) is 16.0. The van der Waals surface area contributed by atoms with Crippen LogP contribution in [0, 0.1) is 0 Å². The molecule has 100 valence electrons. The van der Waals surface area contributed by atoms with E-state index in [9.17, 15) is 4.79 Å². The van der Waals surface area contributed by atoms with E-state index in [0.717, 1.165) is 0 Å². The monoisotopic (exact) mass is 261 g/mol. The van der Waals surface area contributed by atoms with E-state index in [4.69, 9.17) is 5.84 Å². The van der Waals surface area contributed by atoms with Gasteiger partial charge in [0.05, 0.1) is 23.5 Å². The van der Waals surface area contributed by atoms with Gasteiger partial charge in [-0.3, -0.25) is 15.6 Å². The Kier molecular flexibility index (Phi) is 3.71. The van der Waals surface area contributed by atoms with E-state index in [1.807, 2.05) is 14.0 Å². The second-order valence-electron chi connectivity index (χ2n) is 4.06. The normalized spacial score (nSPS) is 11.9. The summed E-state index contributed by atoms with van der Waals surface area (Å²) < 4.78 is 1.75. The van der Waals surface area contributed by atoms with Gasteiger partial charge in [-0.2, -0.15) is 0 Å². The molecule has 0 bridgehead atoms. The number of carbonyl (C=O) groups excluding carboxylic acids is 1. The number of nitrogens with zero attached hydrogens (tertiary/aromatic N) is 4. The van der Waals surface area contributed by atoms with Crippen LogP contribution in [0.2, 0.25) is 0 Å². The standard InChI is InChI=1S/C11H15N7O/c1-7(10-17-14-6-18(10)2)15-11(19)8-3-4-13-5-9(8)16-12/h3-7,16H,12H2,1-2H3,(H,15,19). The molecule has 0 aliphatic carbocycles. The topological polar surface area (TPSA) is 111 Å². The highest BCUT2D eigenvalue weighted by Crippen LogP contribution is 2.14. The highest BCUT2D eigenvalue weighted by molar-refractivity contribution is 5.99. The van der Waals surface area contributed by atoms with Gasteiger partial charge in [0.2, 0.25) is 0 Å². The lowest BCUT2D eigenvalue weighted by molar-refractivity contribution is 0.0938. The summed E-state index contributed by atoms with van der Waals surface area (Å²) in [6, 6.07) is 1.33. The van der Waals surface area contributed by atoms with Crippen molar-refractivity contribution < 1.29 is 4.79 Å². The van der Waals surface area contributed by atoms with E-state index in [0.29, 0.717) is 17.1 Å². The number of anilines is 1. The Hall–Kier alpha value is -2.48. The Morgan fingerprint density at radius 2 is 2.32 bits per heavy atom. The van der Waals surface area contributed by atoms with E-state index < -0.39 is 0 Å². The molecular weight excluding hydrogens is 246 g/mol. The fourth-order valence-electron chi connectivity index (χ4n) is 1.73. The minimum Gasteiger partial charge on any atom is -0.342 e. The highest BCUT2D eigenvalue weighted by Gasteiger charge is 2.17. The van der Waals surface area contributed by atoms with Gasteiger partial charge in [0, 0.05) is 13.2 Å². The van der Waals surface area contributed by atoms with Gasteiger partial charge in [0.1, 0.15) is 6.33 Å². The van der Waals surface area contributed by atoms with Crippen LogP contribution in [-0.4, -0.2) is 25.7 Å². The van der Waals surface area contributed by atoms with Crippen molar-refractivity contribution >= 4 is 11.6 Å². The number of pyridine rings is 1. The van der Waals surface area contributed by atoms with Crippen LogP contribution in [0.1, 0.15) is 29.1 Å². The first-order chi connectivity index (χ1) is 9.13. The number of aromatic nitrogens is 4. The molecule has 0 radical (unpaired) electrons. The van der Waals surface area contributed by atoms with Crippen molar-refractivity contribution in [1.29, 1.82) is 0 Å². The maximum atomic E-state index is 12.1. The van der Waals surface area contributed by atoms with Gasteiger partial charge in [-0.05, 0) is 13.0 Å². The van der Waals surface area contributed by atoms with E-state index in [-0.39, 0.29) is 11.9 Å². The van der Waals surface area contributed by atoms with Gasteiger partial charge in [-0.1, -0.05) is 0 Å². The predicted molar refractivity (Wildman–Crippen MR) is 68.9 cm³/mol. The number of amides is 1. The molecule has 0 aromatic carbocycles. The summed E-state index contributed by atoms with van der Waals surface area (Å²) in [7, 11) is 1.82. The Balaban J connectivity index is 2.15. The lowest BCUT2D eigenvalue weighted by atomic mass is 10.2. The van der Waals surface area contributed by atoms with E-state index in [2.05, 4.69) is 25.9 Å². The zero-order valence-electron chi connectivity index (χ0n) is 10.7. The van der Waals surface area contributed by atoms with Gasteiger partial charge >= 0.3 is 0 Å². The van der Waals surface area contributed by atoms with Crippen LogP contribution in [0.4, 0.5) is 5.69 Å². The fourth-order valence-corrected chi connectivity index (χ4v) is 1.73. The molecule has 0 fully saturated rings. The number of hydrogen-bond donors (Lipinski definition) is 3. The van der Waals surface area contributed by atoms with Crippen molar-refractivity contribution in [2.45, 2.75) is 13.0 Å². The Labute approximate surface area is 110 Å². The lowest BCUT2D eigenvalue weighted by Crippen LogP contribution is -2.29. The van der Waals surface area contributed by atoms with Crippen LogP contribution in [0.5, 0.6) is 0 Å². The number of hydrogen-bond acceptors (Lipinski definition) is 6. The molecule has 2 aromatic heterocycles. The van der Waals surface area contributed by atoms with Gasteiger partial charge in [0.15, 0.2) is 5.82 Å². The molecule has 2 rings (SSSR count). The van der Waals surface area contributed by atoms with Crippen LogP contribution >= 0.6 is 0 Å². The number of carbonyl (C=O) groups is 1. The largest absolute Gasteiger partial charge is 0.342 e. The average Bonchev–Trinajstić information content (AvgIpc) is 2.85. The summed E-state index contributed by atoms with van der Waals surface area (Å²) in [5.41, 5.74) is 3.33. The molecule has 2 heterocycles. The highest BCUT2D eigenvalue weighted by atomic mass is 16.1. The molecule has 8 heteroatoms. The second kappa shape index (κ2) is 5.44. The first kappa shape index (κ1) is 13.0. The molecule has 4 N–H and O–H groups in total. The Morgan fingerprint density at radius 3 is 2.95 bits per heavy atom. The number of nitrogens with two attached hydrogens (primary N) is 1. The van der Waals surface area contributed by atoms with Crippen molar-refractivity contribution in [2.75, 3.05) is 5.43 Å². The molecule has 8 nitrogen and oxygen atoms in total. The van der Waals surface area contributed by atoms with Crippen molar-refractivity contribution in [3.05, 3.63) is 36.2 Å². The molecule has 1 amide bonds. The minimum atomic E-state index is -0.265. The Morgan fingerprint density at radius 1 is 1.53 bits per heavy atom. The van der Waals surface area contributed by atoms with Crippen LogP contribution in [-0.2, 0) is 7.05 Å². The summed E-state index contributed by atoms with van der Waals surface area (Å²) >= 11 is 0.